The lowest BCUT2D eigenvalue weighted by Gasteiger charge is -2.17. The summed E-state index contributed by atoms with van der Waals surface area (Å²) in [6, 6.07) is 7.00. The third-order valence-electron chi connectivity index (χ3n) is 5.96. The minimum atomic E-state index is -3.57. The summed E-state index contributed by atoms with van der Waals surface area (Å²) in [5.41, 5.74) is -0.251. The first-order valence-electron chi connectivity index (χ1n) is 10.5. The summed E-state index contributed by atoms with van der Waals surface area (Å²) in [4.78, 5) is 25.7. The highest BCUT2D eigenvalue weighted by Crippen LogP contribution is 2.43. The summed E-state index contributed by atoms with van der Waals surface area (Å²) < 4.78 is 46.5. The zero-order chi connectivity index (χ0) is 25.4. The fourth-order valence-electron chi connectivity index (χ4n) is 3.66. The zero-order valence-corrected chi connectivity index (χ0v) is 19.6. The fraction of sp³-hybridized carbons (Fsp3) is 0.318. The first kappa shape index (κ1) is 24.2. The van der Waals surface area contributed by atoms with Crippen molar-refractivity contribution in [2.24, 2.45) is 7.05 Å². The van der Waals surface area contributed by atoms with Crippen LogP contribution in [-0.4, -0.2) is 47.5 Å². The lowest BCUT2D eigenvalue weighted by Crippen LogP contribution is -2.38. The number of pyridine rings is 1. The highest BCUT2D eigenvalue weighted by atomic mass is 32.2. The van der Waals surface area contributed by atoms with E-state index in [9.17, 15) is 22.4 Å². The quantitative estimate of drug-likeness (QED) is 0.458. The fourth-order valence-corrected chi connectivity index (χ4v) is 4.95. The van der Waals surface area contributed by atoms with E-state index in [0.29, 0.717) is 23.8 Å². The molecule has 0 atom stereocenters. The van der Waals surface area contributed by atoms with Gasteiger partial charge in [-0.15, -0.1) is 5.10 Å². The Kier molecular flexibility index (Phi) is 6.27. The van der Waals surface area contributed by atoms with Crippen LogP contribution in [0.1, 0.15) is 34.3 Å². The molecule has 182 valence electrons. The lowest BCUT2D eigenvalue weighted by molar-refractivity contribution is 0.0949. The molecule has 35 heavy (non-hydrogen) atoms. The topological polar surface area (TPSA) is 156 Å². The van der Waals surface area contributed by atoms with Crippen LogP contribution < -0.4 is 20.3 Å². The van der Waals surface area contributed by atoms with Crippen LogP contribution in [0.15, 0.2) is 35.3 Å². The van der Waals surface area contributed by atoms with Gasteiger partial charge in [-0.05, 0) is 43.7 Å². The Balaban J connectivity index is 1.58. The number of rotatable bonds is 8. The third kappa shape index (κ3) is 4.45. The van der Waals surface area contributed by atoms with Gasteiger partial charge in [0.1, 0.15) is 34.3 Å². The van der Waals surface area contributed by atoms with E-state index in [2.05, 4.69) is 20.2 Å². The maximum Gasteiger partial charge on any atom is 0.263 e. The molecule has 1 saturated carbocycles. The van der Waals surface area contributed by atoms with Crippen molar-refractivity contribution in [1.82, 2.24) is 24.8 Å². The summed E-state index contributed by atoms with van der Waals surface area (Å²) in [5, 5.41) is 19.5. The number of carbonyl (C=O) groups is 1. The SMILES string of the molecule is CNS(=O)(=O)C1(COc2nncc3cc(C(=O)NCc4ccc(C#N)c(F)c4)c(=O)n(C)c23)CC1. The maximum absolute atomic E-state index is 13.8. The van der Waals surface area contributed by atoms with E-state index < -0.39 is 32.1 Å². The van der Waals surface area contributed by atoms with Crippen molar-refractivity contribution >= 4 is 26.8 Å². The number of halogens is 1. The molecule has 2 aromatic heterocycles. The molecule has 1 fully saturated rings. The van der Waals surface area contributed by atoms with Gasteiger partial charge in [0, 0.05) is 19.0 Å². The molecule has 3 aromatic rings. The van der Waals surface area contributed by atoms with E-state index in [0.717, 1.165) is 6.07 Å². The Morgan fingerprint density at radius 1 is 1.34 bits per heavy atom. The van der Waals surface area contributed by atoms with Gasteiger partial charge in [-0.1, -0.05) is 6.07 Å². The van der Waals surface area contributed by atoms with Crippen LogP contribution in [0, 0.1) is 17.1 Å². The number of nitrogens with zero attached hydrogens (tertiary/aromatic N) is 4. The highest BCUT2D eigenvalue weighted by molar-refractivity contribution is 7.91. The molecule has 4 rings (SSSR count). The Morgan fingerprint density at radius 3 is 2.71 bits per heavy atom. The number of amides is 1. The molecule has 13 heteroatoms. The summed E-state index contributed by atoms with van der Waals surface area (Å²) >= 11 is 0. The van der Waals surface area contributed by atoms with Gasteiger partial charge in [-0.2, -0.15) is 10.4 Å². The van der Waals surface area contributed by atoms with Gasteiger partial charge in [-0.25, -0.2) is 17.5 Å². The van der Waals surface area contributed by atoms with Crippen molar-refractivity contribution < 1.29 is 22.3 Å². The van der Waals surface area contributed by atoms with Crippen LogP contribution in [0.4, 0.5) is 4.39 Å². The number of hydrogen-bond donors (Lipinski definition) is 2. The number of nitriles is 1. The molecule has 11 nitrogen and oxygen atoms in total. The molecule has 0 unspecified atom stereocenters. The smallest absolute Gasteiger partial charge is 0.263 e. The number of aryl methyl sites for hydroxylation is 1. The molecule has 1 aliphatic rings. The van der Waals surface area contributed by atoms with Gasteiger partial charge in [0.2, 0.25) is 10.0 Å². The molecule has 0 bridgehead atoms. The first-order valence-corrected chi connectivity index (χ1v) is 12.0. The van der Waals surface area contributed by atoms with Crippen molar-refractivity contribution in [3.8, 4) is 11.9 Å². The number of sulfonamides is 1. The molecule has 0 radical (unpaired) electrons. The molecule has 0 saturated heterocycles. The summed E-state index contributed by atoms with van der Waals surface area (Å²) in [5.74, 6) is -1.42. The summed E-state index contributed by atoms with van der Waals surface area (Å²) in [6.45, 7) is -0.227. The second kappa shape index (κ2) is 9.05. The van der Waals surface area contributed by atoms with Gasteiger partial charge < -0.3 is 14.6 Å². The van der Waals surface area contributed by atoms with E-state index in [4.69, 9.17) is 10.00 Å². The minimum Gasteiger partial charge on any atom is -0.473 e. The van der Waals surface area contributed by atoms with Gasteiger partial charge in [0.25, 0.3) is 17.3 Å². The number of nitrogens with one attached hydrogen (secondary N) is 2. The third-order valence-corrected chi connectivity index (χ3v) is 8.17. The van der Waals surface area contributed by atoms with Crippen molar-refractivity contribution in [1.29, 1.82) is 5.26 Å². The van der Waals surface area contributed by atoms with Crippen LogP contribution >= 0.6 is 0 Å². The molecular formula is C22H21FN6O5S. The average molecular weight is 501 g/mol. The Hall–Kier alpha value is -3.89. The Bertz CT molecular complexity index is 1540. The molecular weight excluding hydrogens is 479 g/mol. The predicted molar refractivity (Wildman–Crippen MR) is 123 cm³/mol. The second-order valence-electron chi connectivity index (χ2n) is 8.16. The van der Waals surface area contributed by atoms with Crippen LogP contribution in [0.25, 0.3) is 10.9 Å². The Labute approximate surface area is 199 Å². The minimum absolute atomic E-state index is 0.0281. The standard InChI is InChI=1S/C22H21FN6O5S/c1-25-35(32,33)22(5-6-22)12-34-20-18-15(11-27-28-20)8-16(21(31)29(18)2)19(30)26-10-13-3-4-14(9-24)17(23)7-13/h3-4,7-8,11,25H,5-6,10,12H2,1-2H3,(H,26,30). The molecule has 2 heterocycles. The number of benzene rings is 1. The number of hydrogen-bond acceptors (Lipinski definition) is 8. The molecule has 0 aliphatic heterocycles. The van der Waals surface area contributed by atoms with Gasteiger partial charge in [0.05, 0.1) is 11.8 Å². The van der Waals surface area contributed by atoms with Crippen molar-refractivity contribution in [3.05, 3.63) is 63.3 Å². The normalized spacial score (nSPS) is 14.3. The van der Waals surface area contributed by atoms with Crippen LogP contribution in [0.2, 0.25) is 0 Å². The molecule has 1 aromatic carbocycles. The van der Waals surface area contributed by atoms with Crippen LogP contribution in [-0.2, 0) is 23.6 Å². The second-order valence-corrected chi connectivity index (χ2v) is 10.4. The van der Waals surface area contributed by atoms with Gasteiger partial charge in [-0.3, -0.25) is 9.59 Å². The summed E-state index contributed by atoms with van der Waals surface area (Å²) in [7, 11) is -0.798. The van der Waals surface area contributed by atoms with Gasteiger partial charge in [0.15, 0.2) is 0 Å². The number of carbonyl (C=O) groups excluding carboxylic acids is 1. The Morgan fingerprint density at radius 2 is 2.09 bits per heavy atom. The van der Waals surface area contributed by atoms with E-state index in [1.807, 2.05) is 0 Å². The van der Waals surface area contributed by atoms with Crippen molar-refractivity contribution in [2.45, 2.75) is 24.1 Å². The van der Waals surface area contributed by atoms with Crippen molar-refractivity contribution in [2.75, 3.05) is 13.7 Å². The molecule has 1 aliphatic carbocycles. The average Bonchev–Trinajstić information content (AvgIpc) is 3.65. The lowest BCUT2D eigenvalue weighted by atomic mass is 10.1. The highest BCUT2D eigenvalue weighted by Gasteiger charge is 2.55. The number of ether oxygens (including phenoxy) is 1. The zero-order valence-electron chi connectivity index (χ0n) is 18.8. The summed E-state index contributed by atoms with van der Waals surface area (Å²) in [6.07, 6.45) is 2.22. The van der Waals surface area contributed by atoms with E-state index >= 15 is 0 Å². The maximum atomic E-state index is 13.8. The number of aromatic nitrogens is 3. The monoisotopic (exact) mass is 500 g/mol. The van der Waals surface area contributed by atoms with Crippen molar-refractivity contribution in [3.63, 3.8) is 0 Å². The largest absolute Gasteiger partial charge is 0.473 e. The predicted octanol–water partition coefficient (Wildman–Crippen LogP) is 0.730. The van der Waals surface area contributed by atoms with Crippen LogP contribution in [0.3, 0.4) is 0 Å². The van der Waals surface area contributed by atoms with E-state index in [1.165, 1.54) is 43.1 Å². The van der Waals surface area contributed by atoms with Gasteiger partial charge >= 0.3 is 0 Å². The van der Waals surface area contributed by atoms with Crippen LogP contribution in [0.5, 0.6) is 5.88 Å². The molecule has 0 spiro atoms. The molecule has 1 amide bonds. The number of fused-ring (bicyclic) bond motifs is 1. The van der Waals surface area contributed by atoms with E-state index in [1.54, 1.807) is 6.07 Å². The van der Waals surface area contributed by atoms with E-state index in [-0.39, 0.29) is 35.7 Å². The molecule has 2 N–H and O–H groups in total. The first-order chi connectivity index (χ1) is 16.6.